The number of hydrogen-bond acceptors (Lipinski definition) is 8. The van der Waals surface area contributed by atoms with E-state index in [2.05, 4.69) is 31.8 Å². The third-order valence-electron chi connectivity index (χ3n) is 7.66. The molecule has 11 nitrogen and oxygen atoms in total. The molecule has 1 aliphatic rings. The normalized spacial score (nSPS) is 15.4. The minimum atomic E-state index is -1.14. The van der Waals surface area contributed by atoms with Crippen LogP contribution in [0.3, 0.4) is 0 Å². The summed E-state index contributed by atoms with van der Waals surface area (Å²) < 4.78 is 18.8. The lowest BCUT2D eigenvalue weighted by Crippen LogP contribution is -2.45. The van der Waals surface area contributed by atoms with Crippen LogP contribution in [-0.2, 0) is 16.1 Å². The highest BCUT2D eigenvalue weighted by Crippen LogP contribution is 2.35. The molecule has 0 saturated heterocycles. The number of aromatic nitrogens is 1. The van der Waals surface area contributed by atoms with Crippen molar-refractivity contribution in [2.24, 2.45) is 5.10 Å². The van der Waals surface area contributed by atoms with Crippen molar-refractivity contribution in [1.29, 1.82) is 0 Å². The van der Waals surface area contributed by atoms with Gasteiger partial charge in [0.1, 0.15) is 6.61 Å². The van der Waals surface area contributed by atoms with Crippen LogP contribution in [0.1, 0.15) is 42.3 Å². The molecule has 1 aromatic heterocycles. The van der Waals surface area contributed by atoms with Crippen LogP contribution < -0.4 is 25.5 Å². The smallest absolute Gasteiger partial charge is 0.337 e. The van der Waals surface area contributed by atoms with Crippen LogP contribution >= 0.6 is 11.6 Å². The number of amides is 2. The van der Waals surface area contributed by atoms with Gasteiger partial charge in [-0.3, -0.25) is 5.43 Å². The molecule has 0 bridgehead atoms. The Morgan fingerprint density at radius 2 is 1.87 bits per heavy atom. The number of nitrogens with one attached hydrogen (secondary N) is 3. The molecule has 0 unspecified atom stereocenters. The lowest BCUT2D eigenvalue weighted by Gasteiger charge is -2.28. The molecule has 0 radical (unpaired) electrons. The molecule has 1 aliphatic heterocycles. The molecule has 5 rings (SSSR count). The molecule has 0 saturated carbocycles. The van der Waals surface area contributed by atoms with Gasteiger partial charge in [0, 0.05) is 39.4 Å². The third kappa shape index (κ3) is 6.95. The molecule has 4 N–H and O–H groups in total. The number of aliphatic hydroxyl groups is 1. The van der Waals surface area contributed by atoms with Gasteiger partial charge in [0.05, 0.1) is 31.5 Å². The monoisotopic (exact) mass is 645 g/mol. The number of methoxy groups -OCH3 is 1. The summed E-state index contributed by atoms with van der Waals surface area (Å²) in [7, 11) is 1.28. The number of hydrogen-bond donors (Lipinski definition) is 4. The van der Waals surface area contributed by atoms with E-state index in [1.165, 1.54) is 7.11 Å². The summed E-state index contributed by atoms with van der Waals surface area (Å²) in [4.78, 5) is 24.7. The maximum Gasteiger partial charge on any atom is 0.337 e. The Labute approximate surface area is 271 Å². The summed E-state index contributed by atoms with van der Waals surface area (Å²) in [6, 6.07) is 19.7. The van der Waals surface area contributed by atoms with Crippen molar-refractivity contribution < 1.29 is 28.9 Å². The van der Waals surface area contributed by atoms with Crippen LogP contribution in [0.15, 0.2) is 83.1 Å². The summed E-state index contributed by atoms with van der Waals surface area (Å²) in [6.45, 7) is 6.29. The van der Waals surface area contributed by atoms with Gasteiger partial charge in [-0.15, -0.1) is 0 Å². The van der Waals surface area contributed by atoms with E-state index >= 15 is 0 Å². The average molecular weight is 646 g/mol. The highest BCUT2D eigenvalue weighted by Gasteiger charge is 2.32. The van der Waals surface area contributed by atoms with Crippen molar-refractivity contribution in [2.45, 2.75) is 39.6 Å². The van der Waals surface area contributed by atoms with E-state index in [0.29, 0.717) is 40.9 Å². The van der Waals surface area contributed by atoms with Gasteiger partial charge in [-0.1, -0.05) is 54.1 Å². The molecule has 12 heteroatoms. The summed E-state index contributed by atoms with van der Waals surface area (Å²) in [5.41, 5.74) is 7.97. The number of halogens is 1. The molecule has 46 heavy (non-hydrogen) atoms. The van der Waals surface area contributed by atoms with Gasteiger partial charge in [0.15, 0.2) is 17.7 Å². The second-order valence-corrected chi connectivity index (χ2v) is 11.0. The van der Waals surface area contributed by atoms with Crippen molar-refractivity contribution >= 4 is 40.7 Å². The fraction of sp³-hybridized carbons (Fsp3) is 0.265. The molecule has 0 aliphatic carbocycles. The molecule has 4 aromatic rings. The van der Waals surface area contributed by atoms with Crippen molar-refractivity contribution in [3.63, 3.8) is 0 Å². The predicted molar refractivity (Wildman–Crippen MR) is 176 cm³/mol. The lowest BCUT2D eigenvalue weighted by molar-refractivity contribution is -0.136. The zero-order valence-electron chi connectivity index (χ0n) is 26.0. The van der Waals surface area contributed by atoms with Gasteiger partial charge in [0.2, 0.25) is 0 Å². The number of nitrogens with zero attached hydrogens (tertiary/aromatic N) is 2. The van der Waals surface area contributed by atoms with Crippen molar-refractivity contribution in [1.82, 2.24) is 20.6 Å². The number of rotatable bonds is 12. The number of hydrazone groups is 1. The van der Waals surface area contributed by atoms with Gasteiger partial charge >= 0.3 is 12.0 Å². The highest BCUT2D eigenvalue weighted by molar-refractivity contribution is 6.31. The molecule has 2 heterocycles. The number of esters is 1. The molecule has 0 spiro atoms. The maximum atomic E-state index is 12.5. The number of allylic oxidation sites excluding steroid dienone is 1. The average Bonchev–Trinajstić information content (AvgIpc) is 3.30. The first-order chi connectivity index (χ1) is 22.2. The zero-order chi connectivity index (χ0) is 32.8. The fourth-order valence-corrected chi connectivity index (χ4v) is 5.63. The molecule has 3 aromatic carbocycles. The Morgan fingerprint density at radius 3 is 2.63 bits per heavy atom. The Hall–Kier alpha value is -5.00. The van der Waals surface area contributed by atoms with Gasteiger partial charge in [0.25, 0.3) is 0 Å². The number of urea groups is 1. The fourth-order valence-electron chi connectivity index (χ4n) is 5.43. The van der Waals surface area contributed by atoms with E-state index in [0.717, 1.165) is 27.7 Å². The number of ether oxygens (including phenoxy) is 3. The highest BCUT2D eigenvalue weighted by atomic mass is 35.5. The second kappa shape index (κ2) is 14.4. The molecule has 0 fully saturated rings. The number of para-hydroxylation sites is 1. The number of carbonyl (C=O) groups excluding carboxylic acids is 2. The van der Waals surface area contributed by atoms with Crippen molar-refractivity contribution in [3.8, 4) is 11.5 Å². The molecule has 2 atom stereocenters. The first-order valence-electron chi connectivity index (χ1n) is 14.8. The first kappa shape index (κ1) is 32.4. The largest absolute Gasteiger partial charge is 0.490 e. The van der Waals surface area contributed by atoms with Crippen LogP contribution in [-0.4, -0.2) is 54.4 Å². The zero-order valence-corrected chi connectivity index (χ0v) is 26.7. The number of carbonyl (C=O) groups is 2. The van der Waals surface area contributed by atoms with Gasteiger partial charge in [-0.25, -0.2) is 9.59 Å². The number of aliphatic hydroxyl groups excluding tert-OH is 1. The Morgan fingerprint density at radius 1 is 1.11 bits per heavy atom. The molecule has 240 valence electrons. The Bertz CT molecular complexity index is 1820. The second-order valence-electron chi connectivity index (χ2n) is 10.6. The van der Waals surface area contributed by atoms with E-state index < -0.39 is 24.3 Å². The summed E-state index contributed by atoms with van der Waals surface area (Å²) in [5.74, 6) is 0.185. The minimum Gasteiger partial charge on any atom is -0.490 e. The van der Waals surface area contributed by atoms with Gasteiger partial charge < -0.3 is 34.5 Å². The van der Waals surface area contributed by atoms with E-state index in [9.17, 15) is 14.7 Å². The quantitative estimate of drug-likeness (QED) is 0.0722. The predicted octanol–water partition coefficient (Wildman–Crippen LogP) is 5.17. The molecular weight excluding hydrogens is 610 g/mol. The van der Waals surface area contributed by atoms with Crippen LogP contribution in [0, 0.1) is 6.92 Å². The standard InChI is InChI=1S/C34H36ClN5O6/c1-5-45-29-16-22(32-31(33(42)44-4)20(2)37-34(43)38-32)14-15-28(29)46-19-30(41)39-36-17-25-21(3)40(27-13-9-7-11-24(25)27)18-23-10-6-8-12-26(23)35/h6-17,30,32,39,41H,5,18-19H2,1-4H3,(H2,37,38,43)/b36-17+/t30-,32+/m0/s1. The summed E-state index contributed by atoms with van der Waals surface area (Å²) in [5, 5.41) is 22.0. The third-order valence-corrected chi connectivity index (χ3v) is 8.02. The van der Waals surface area contributed by atoms with E-state index in [1.807, 2.05) is 56.3 Å². The van der Waals surface area contributed by atoms with Crippen LogP contribution in [0.4, 0.5) is 4.79 Å². The van der Waals surface area contributed by atoms with Crippen molar-refractivity contribution in [2.75, 3.05) is 20.3 Å². The Balaban J connectivity index is 1.29. The van der Waals surface area contributed by atoms with Gasteiger partial charge in [-0.2, -0.15) is 5.10 Å². The van der Waals surface area contributed by atoms with E-state index in [1.54, 1.807) is 31.3 Å². The number of fused-ring (bicyclic) bond motifs is 1. The molecule has 2 amide bonds. The Kier molecular flexibility index (Phi) is 10.1. The van der Waals surface area contributed by atoms with Crippen molar-refractivity contribution in [3.05, 3.63) is 105 Å². The van der Waals surface area contributed by atoms with E-state index in [4.69, 9.17) is 25.8 Å². The topological polar surface area (TPSA) is 135 Å². The van der Waals surface area contributed by atoms with Crippen LogP contribution in [0.5, 0.6) is 11.5 Å². The lowest BCUT2D eigenvalue weighted by atomic mass is 9.95. The summed E-state index contributed by atoms with van der Waals surface area (Å²) in [6.07, 6.45) is 0.550. The summed E-state index contributed by atoms with van der Waals surface area (Å²) >= 11 is 6.45. The van der Waals surface area contributed by atoms with E-state index in [-0.39, 0.29) is 12.2 Å². The number of benzene rings is 3. The molecular formula is C34H36ClN5O6. The minimum absolute atomic E-state index is 0.138. The SMILES string of the molecule is CCOc1cc([C@H]2NC(=O)NC(C)=C2C(=O)OC)ccc1OC[C@H](O)N/N=C/c1c(C)n(Cc2ccccc2Cl)c2ccccc12. The first-order valence-corrected chi connectivity index (χ1v) is 15.1. The van der Waals surface area contributed by atoms with Crippen LogP contribution in [0.2, 0.25) is 5.02 Å². The van der Waals surface area contributed by atoms with Gasteiger partial charge in [-0.05, 0) is 56.2 Å². The maximum absolute atomic E-state index is 12.5. The van der Waals surface area contributed by atoms with Crippen LogP contribution in [0.25, 0.3) is 10.9 Å².